The van der Waals surface area contributed by atoms with E-state index < -0.39 is 5.91 Å². The third-order valence-corrected chi connectivity index (χ3v) is 6.19. The summed E-state index contributed by atoms with van der Waals surface area (Å²) in [6, 6.07) is 27.2. The van der Waals surface area contributed by atoms with Crippen molar-refractivity contribution in [2.45, 2.75) is 13.0 Å². The molecule has 4 rings (SSSR count). The molecule has 0 atom stereocenters. The molecule has 0 bridgehead atoms. The number of carbonyl (C=O) groups is 1. The quantitative estimate of drug-likeness (QED) is 0.133. The van der Waals surface area contributed by atoms with Gasteiger partial charge < -0.3 is 14.8 Å². The first-order valence-corrected chi connectivity index (χ1v) is 12.4. The van der Waals surface area contributed by atoms with Crippen molar-refractivity contribution < 1.29 is 14.3 Å². The van der Waals surface area contributed by atoms with Gasteiger partial charge in [-0.1, -0.05) is 64.5 Å². The van der Waals surface area contributed by atoms with Crippen LogP contribution < -0.4 is 14.8 Å². The van der Waals surface area contributed by atoms with Crippen LogP contribution in [0.4, 0.5) is 5.69 Å². The molecule has 0 heterocycles. The molecule has 4 aromatic rings. The van der Waals surface area contributed by atoms with Crippen molar-refractivity contribution in [3.8, 4) is 17.6 Å². The fourth-order valence-corrected chi connectivity index (χ4v) is 4.35. The molecule has 0 aliphatic heterocycles. The highest BCUT2D eigenvalue weighted by molar-refractivity contribution is 9.10. The molecule has 0 aliphatic carbocycles. The average Bonchev–Trinajstić information content (AvgIpc) is 2.90. The molecule has 5 nitrogen and oxygen atoms in total. The number of ether oxygens (including phenoxy) is 2. The summed E-state index contributed by atoms with van der Waals surface area (Å²) in [5.74, 6) is 0.613. The first-order valence-electron chi connectivity index (χ1n) is 11.6. The van der Waals surface area contributed by atoms with Crippen molar-refractivity contribution in [1.82, 2.24) is 0 Å². The Hall–Kier alpha value is -4.34. The Kier molecular flexibility index (Phi) is 8.40. The van der Waals surface area contributed by atoms with E-state index in [0.29, 0.717) is 35.8 Å². The van der Waals surface area contributed by atoms with Crippen LogP contribution in [0.1, 0.15) is 16.7 Å². The van der Waals surface area contributed by atoms with Crippen LogP contribution in [0.5, 0.6) is 11.5 Å². The summed E-state index contributed by atoms with van der Waals surface area (Å²) < 4.78 is 12.7. The van der Waals surface area contributed by atoms with E-state index in [9.17, 15) is 10.1 Å². The molecule has 4 aromatic carbocycles. The zero-order valence-corrected chi connectivity index (χ0v) is 21.9. The Balaban J connectivity index is 1.61. The first-order chi connectivity index (χ1) is 18.0. The Morgan fingerprint density at radius 1 is 1.05 bits per heavy atom. The molecule has 0 unspecified atom stereocenters. The number of nitriles is 1. The summed E-state index contributed by atoms with van der Waals surface area (Å²) in [6.45, 7) is 4.22. The Bertz CT molecular complexity index is 1540. The molecule has 0 aromatic heterocycles. The monoisotopic (exact) mass is 552 g/mol. The summed E-state index contributed by atoms with van der Waals surface area (Å²) in [4.78, 5) is 12.8. The van der Waals surface area contributed by atoms with Gasteiger partial charge in [0.25, 0.3) is 5.91 Å². The number of rotatable bonds is 9. The third kappa shape index (κ3) is 6.46. The maximum atomic E-state index is 12.8. The lowest BCUT2D eigenvalue weighted by Crippen LogP contribution is -2.13. The number of halogens is 1. The summed E-state index contributed by atoms with van der Waals surface area (Å²) in [5, 5.41) is 14.7. The molecular weight excluding hydrogens is 528 g/mol. The highest BCUT2D eigenvalue weighted by Crippen LogP contribution is 2.35. The molecule has 37 heavy (non-hydrogen) atoms. The lowest BCUT2D eigenvalue weighted by Gasteiger charge is -2.16. The number of allylic oxidation sites excluding steroid dienone is 1. The van der Waals surface area contributed by atoms with E-state index in [4.69, 9.17) is 9.47 Å². The normalized spacial score (nSPS) is 11.0. The van der Waals surface area contributed by atoms with Crippen LogP contribution >= 0.6 is 15.9 Å². The molecule has 0 saturated carbocycles. The van der Waals surface area contributed by atoms with Gasteiger partial charge in [-0.25, -0.2) is 0 Å². The Labute approximate surface area is 224 Å². The van der Waals surface area contributed by atoms with Crippen LogP contribution in [0, 0.1) is 11.3 Å². The second kappa shape index (κ2) is 12.1. The molecule has 6 heteroatoms. The van der Waals surface area contributed by atoms with Crippen LogP contribution in [0.2, 0.25) is 0 Å². The smallest absolute Gasteiger partial charge is 0.266 e. The van der Waals surface area contributed by atoms with Gasteiger partial charge in [0, 0.05) is 15.7 Å². The number of amides is 1. The minimum Gasteiger partial charge on any atom is -0.493 e. The van der Waals surface area contributed by atoms with Crippen molar-refractivity contribution >= 4 is 44.4 Å². The number of anilines is 1. The molecule has 0 aliphatic rings. The van der Waals surface area contributed by atoms with Crippen molar-refractivity contribution in [1.29, 1.82) is 5.26 Å². The van der Waals surface area contributed by atoms with Gasteiger partial charge in [-0.05, 0) is 70.8 Å². The molecule has 1 N–H and O–H groups in total. The number of nitrogens with one attached hydrogen (secondary N) is 1. The van der Waals surface area contributed by atoms with E-state index in [1.54, 1.807) is 37.5 Å². The minimum absolute atomic E-state index is 0.0311. The number of benzene rings is 4. The second-order valence-electron chi connectivity index (χ2n) is 8.31. The van der Waals surface area contributed by atoms with Crippen molar-refractivity contribution in [3.63, 3.8) is 0 Å². The van der Waals surface area contributed by atoms with Gasteiger partial charge in [0.2, 0.25) is 0 Å². The second-order valence-corrected chi connectivity index (χ2v) is 9.22. The SMILES string of the molecule is C=CCc1cc(/C=C(/C#N)C(=O)Nc2cccc(Br)c2)cc(OC)c1OCc1ccc2ccccc2c1. The highest BCUT2D eigenvalue weighted by Gasteiger charge is 2.15. The van der Waals surface area contributed by atoms with E-state index in [2.05, 4.69) is 52.1 Å². The first kappa shape index (κ1) is 25.7. The zero-order valence-electron chi connectivity index (χ0n) is 20.3. The highest BCUT2D eigenvalue weighted by atomic mass is 79.9. The fourth-order valence-electron chi connectivity index (χ4n) is 3.95. The van der Waals surface area contributed by atoms with Crippen molar-refractivity contribution in [2.75, 3.05) is 12.4 Å². The number of hydrogen-bond acceptors (Lipinski definition) is 4. The van der Waals surface area contributed by atoms with Crippen LogP contribution in [0.3, 0.4) is 0 Å². The van der Waals surface area contributed by atoms with Crippen LogP contribution in [-0.2, 0) is 17.8 Å². The number of fused-ring (bicyclic) bond motifs is 1. The Morgan fingerprint density at radius 2 is 1.86 bits per heavy atom. The van der Waals surface area contributed by atoms with Crippen LogP contribution in [0.25, 0.3) is 16.8 Å². The number of methoxy groups -OCH3 is 1. The third-order valence-electron chi connectivity index (χ3n) is 5.69. The van der Waals surface area contributed by atoms with Gasteiger partial charge in [-0.2, -0.15) is 5.26 Å². The lowest BCUT2D eigenvalue weighted by atomic mass is 10.0. The van der Waals surface area contributed by atoms with Crippen LogP contribution in [0.15, 0.2) is 102 Å². The van der Waals surface area contributed by atoms with Gasteiger partial charge in [-0.15, -0.1) is 6.58 Å². The van der Waals surface area contributed by atoms with Crippen LogP contribution in [-0.4, -0.2) is 13.0 Å². The maximum absolute atomic E-state index is 12.8. The fraction of sp³-hybridized carbons (Fsp3) is 0.0968. The van der Waals surface area contributed by atoms with Gasteiger partial charge in [0.05, 0.1) is 7.11 Å². The largest absolute Gasteiger partial charge is 0.493 e. The average molecular weight is 553 g/mol. The van der Waals surface area contributed by atoms with E-state index in [-0.39, 0.29) is 5.57 Å². The van der Waals surface area contributed by atoms with Gasteiger partial charge in [0.15, 0.2) is 11.5 Å². The van der Waals surface area contributed by atoms with Gasteiger partial charge in [0.1, 0.15) is 18.2 Å². The van der Waals surface area contributed by atoms with E-state index in [1.807, 2.05) is 36.4 Å². The van der Waals surface area contributed by atoms with E-state index in [0.717, 1.165) is 21.0 Å². The molecule has 1 amide bonds. The Morgan fingerprint density at radius 3 is 2.59 bits per heavy atom. The molecule has 0 spiro atoms. The molecular formula is C31H25BrN2O3. The molecule has 184 valence electrons. The molecule has 0 fully saturated rings. The zero-order chi connectivity index (χ0) is 26.2. The maximum Gasteiger partial charge on any atom is 0.266 e. The summed E-state index contributed by atoms with van der Waals surface area (Å²) in [7, 11) is 1.56. The van der Waals surface area contributed by atoms with E-state index in [1.165, 1.54) is 11.5 Å². The standard InChI is InChI=1S/C31H25BrN2O3/c1-3-7-25-15-22(16-26(19-33)31(35)34-28-11-6-10-27(32)18-28)17-29(36-2)30(25)37-20-21-12-13-23-8-4-5-9-24(23)14-21/h3-6,8-18H,1,7,20H2,2H3,(H,34,35)/b26-16-. The summed E-state index contributed by atoms with van der Waals surface area (Å²) in [5.41, 5.74) is 3.07. The molecule has 0 saturated heterocycles. The predicted molar refractivity (Wildman–Crippen MR) is 152 cm³/mol. The van der Waals surface area contributed by atoms with Gasteiger partial charge in [-0.3, -0.25) is 4.79 Å². The topological polar surface area (TPSA) is 71.4 Å². The number of carbonyl (C=O) groups excluding carboxylic acids is 1. The summed E-state index contributed by atoms with van der Waals surface area (Å²) >= 11 is 3.38. The van der Waals surface area contributed by atoms with Gasteiger partial charge >= 0.3 is 0 Å². The number of nitrogens with zero attached hydrogens (tertiary/aromatic N) is 1. The van der Waals surface area contributed by atoms with Crippen molar-refractivity contribution in [3.05, 3.63) is 118 Å². The summed E-state index contributed by atoms with van der Waals surface area (Å²) in [6.07, 6.45) is 3.84. The minimum atomic E-state index is -0.499. The van der Waals surface area contributed by atoms with Crippen molar-refractivity contribution in [2.24, 2.45) is 0 Å². The van der Waals surface area contributed by atoms with E-state index >= 15 is 0 Å². The predicted octanol–water partition coefficient (Wildman–Crippen LogP) is 7.46. The number of hydrogen-bond donors (Lipinski definition) is 1. The lowest BCUT2D eigenvalue weighted by molar-refractivity contribution is -0.112. The molecule has 0 radical (unpaired) electrons.